The SMILES string of the molecule is CCc1ccccc1OCC(=O)OCC(=O)N[C@@H]1CCCc2ccccc21. The summed E-state index contributed by atoms with van der Waals surface area (Å²) < 4.78 is 10.6. The molecule has 27 heavy (non-hydrogen) atoms. The maximum Gasteiger partial charge on any atom is 0.344 e. The Kier molecular flexibility index (Phi) is 6.47. The van der Waals surface area contributed by atoms with Crippen molar-refractivity contribution in [1.82, 2.24) is 5.32 Å². The number of nitrogens with one attached hydrogen (secondary N) is 1. The highest BCUT2D eigenvalue weighted by atomic mass is 16.6. The molecule has 0 aliphatic heterocycles. The number of amides is 1. The molecule has 3 rings (SSSR count). The van der Waals surface area contributed by atoms with Crippen LogP contribution >= 0.6 is 0 Å². The van der Waals surface area contributed by atoms with E-state index in [2.05, 4.69) is 11.4 Å². The number of hydrogen-bond donors (Lipinski definition) is 1. The zero-order valence-electron chi connectivity index (χ0n) is 15.6. The van der Waals surface area contributed by atoms with Crippen molar-refractivity contribution in [3.05, 3.63) is 65.2 Å². The summed E-state index contributed by atoms with van der Waals surface area (Å²) in [6.45, 7) is 1.51. The minimum absolute atomic E-state index is 0.0196. The predicted molar refractivity (Wildman–Crippen MR) is 103 cm³/mol. The van der Waals surface area contributed by atoms with Crippen molar-refractivity contribution in [2.75, 3.05) is 13.2 Å². The van der Waals surface area contributed by atoms with Gasteiger partial charge in [-0.15, -0.1) is 0 Å². The molecule has 2 aromatic carbocycles. The molecule has 142 valence electrons. The number of ether oxygens (including phenoxy) is 2. The van der Waals surface area contributed by atoms with Gasteiger partial charge in [0.05, 0.1) is 6.04 Å². The lowest BCUT2D eigenvalue weighted by atomic mass is 9.88. The van der Waals surface area contributed by atoms with E-state index in [0.29, 0.717) is 5.75 Å². The Labute approximate surface area is 159 Å². The second kappa shape index (κ2) is 9.21. The maximum atomic E-state index is 12.2. The third kappa shape index (κ3) is 5.09. The van der Waals surface area contributed by atoms with Crippen molar-refractivity contribution in [2.24, 2.45) is 0 Å². The molecule has 0 spiro atoms. The summed E-state index contributed by atoms with van der Waals surface area (Å²) in [6.07, 6.45) is 3.78. The van der Waals surface area contributed by atoms with Crippen LogP contribution in [0, 0.1) is 0 Å². The molecule has 0 fully saturated rings. The average molecular weight is 367 g/mol. The topological polar surface area (TPSA) is 64.6 Å². The lowest BCUT2D eigenvalue weighted by molar-refractivity contribution is -0.150. The first-order valence-electron chi connectivity index (χ1n) is 9.41. The fraction of sp³-hybridized carbons (Fsp3) is 0.364. The fourth-order valence-corrected chi connectivity index (χ4v) is 3.40. The summed E-state index contributed by atoms with van der Waals surface area (Å²) in [5, 5.41) is 2.97. The van der Waals surface area contributed by atoms with E-state index in [1.165, 1.54) is 5.56 Å². The molecule has 0 saturated carbocycles. The van der Waals surface area contributed by atoms with Crippen LogP contribution in [0.3, 0.4) is 0 Å². The number of para-hydroxylation sites is 1. The number of hydrogen-bond acceptors (Lipinski definition) is 4. The van der Waals surface area contributed by atoms with E-state index in [4.69, 9.17) is 9.47 Å². The van der Waals surface area contributed by atoms with Gasteiger partial charge in [0.15, 0.2) is 13.2 Å². The highest BCUT2D eigenvalue weighted by Crippen LogP contribution is 2.29. The molecule has 0 aromatic heterocycles. The van der Waals surface area contributed by atoms with Crippen LogP contribution in [0.5, 0.6) is 5.75 Å². The van der Waals surface area contributed by atoms with Crippen LogP contribution in [0.1, 0.15) is 42.5 Å². The van der Waals surface area contributed by atoms with Gasteiger partial charge < -0.3 is 14.8 Å². The molecule has 0 bridgehead atoms. The molecule has 2 aromatic rings. The van der Waals surface area contributed by atoms with Gasteiger partial charge in [-0.2, -0.15) is 0 Å². The number of fused-ring (bicyclic) bond motifs is 1. The Morgan fingerprint density at radius 2 is 1.85 bits per heavy atom. The summed E-state index contributed by atoms with van der Waals surface area (Å²) in [5.41, 5.74) is 3.45. The first kappa shape index (κ1) is 19.0. The first-order chi connectivity index (χ1) is 13.2. The Morgan fingerprint density at radius 3 is 2.70 bits per heavy atom. The summed E-state index contributed by atoms with van der Waals surface area (Å²) >= 11 is 0. The van der Waals surface area contributed by atoms with Crippen LogP contribution in [0.25, 0.3) is 0 Å². The van der Waals surface area contributed by atoms with Gasteiger partial charge in [0.25, 0.3) is 5.91 Å². The fourth-order valence-electron chi connectivity index (χ4n) is 3.40. The largest absolute Gasteiger partial charge is 0.482 e. The number of aryl methyl sites for hydroxylation is 2. The minimum Gasteiger partial charge on any atom is -0.482 e. The first-order valence-corrected chi connectivity index (χ1v) is 9.41. The van der Waals surface area contributed by atoms with Gasteiger partial charge in [0, 0.05) is 0 Å². The van der Waals surface area contributed by atoms with Gasteiger partial charge in [-0.25, -0.2) is 4.79 Å². The van der Waals surface area contributed by atoms with Crippen molar-refractivity contribution < 1.29 is 19.1 Å². The lowest BCUT2D eigenvalue weighted by Crippen LogP contribution is -2.34. The normalized spacial score (nSPS) is 15.5. The number of carbonyl (C=O) groups is 2. The van der Waals surface area contributed by atoms with E-state index < -0.39 is 5.97 Å². The molecule has 1 amide bonds. The second-order valence-electron chi connectivity index (χ2n) is 6.62. The molecular formula is C22H25NO4. The Bertz CT molecular complexity index is 802. The lowest BCUT2D eigenvalue weighted by Gasteiger charge is -2.26. The number of benzene rings is 2. The van der Waals surface area contributed by atoms with E-state index in [-0.39, 0.29) is 25.2 Å². The Hall–Kier alpha value is -2.82. The summed E-state index contributed by atoms with van der Waals surface area (Å²) in [4.78, 5) is 24.1. The molecule has 1 N–H and O–H groups in total. The van der Waals surface area contributed by atoms with Gasteiger partial charge in [0.2, 0.25) is 0 Å². The van der Waals surface area contributed by atoms with E-state index in [9.17, 15) is 9.59 Å². The third-order valence-corrected chi connectivity index (χ3v) is 4.77. The van der Waals surface area contributed by atoms with Crippen molar-refractivity contribution >= 4 is 11.9 Å². The molecule has 1 aliphatic rings. The highest BCUT2D eigenvalue weighted by molar-refractivity contribution is 5.81. The Balaban J connectivity index is 1.45. The van der Waals surface area contributed by atoms with Gasteiger partial charge in [0.1, 0.15) is 5.75 Å². The molecule has 0 heterocycles. The standard InChI is InChI=1S/C22H25NO4/c1-2-16-8-4-6-13-20(16)26-15-22(25)27-14-21(24)23-19-12-7-10-17-9-3-5-11-18(17)19/h3-6,8-9,11,13,19H,2,7,10,12,14-15H2,1H3,(H,23,24)/t19-/m1/s1. The van der Waals surface area contributed by atoms with Crippen molar-refractivity contribution in [3.8, 4) is 5.75 Å². The third-order valence-electron chi connectivity index (χ3n) is 4.77. The predicted octanol–water partition coefficient (Wildman–Crippen LogP) is 3.36. The number of esters is 1. The van der Waals surface area contributed by atoms with E-state index in [1.807, 2.05) is 49.4 Å². The molecule has 5 nitrogen and oxygen atoms in total. The van der Waals surface area contributed by atoms with Gasteiger partial charge in [-0.1, -0.05) is 49.4 Å². The van der Waals surface area contributed by atoms with E-state index >= 15 is 0 Å². The van der Waals surface area contributed by atoms with Crippen LogP contribution in [0.15, 0.2) is 48.5 Å². The maximum absolute atomic E-state index is 12.2. The average Bonchev–Trinajstić information content (AvgIpc) is 2.71. The van der Waals surface area contributed by atoms with Gasteiger partial charge in [-0.3, -0.25) is 4.79 Å². The number of carbonyl (C=O) groups excluding carboxylic acids is 2. The zero-order valence-corrected chi connectivity index (χ0v) is 15.6. The molecule has 0 unspecified atom stereocenters. The Morgan fingerprint density at radius 1 is 1.07 bits per heavy atom. The quantitative estimate of drug-likeness (QED) is 0.762. The monoisotopic (exact) mass is 367 g/mol. The highest BCUT2D eigenvalue weighted by Gasteiger charge is 2.21. The van der Waals surface area contributed by atoms with Crippen LogP contribution in [-0.2, 0) is 27.2 Å². The smallest absolute Gasteiger partial charge is 0.344 e. The van der Waals surface area contributed by atoms with Crippen LogP contribution < -0.4 is 10.1 Å². The van der Waals surface area contributed by atoms with E-state index in [0.717, 1.165) is 36.8 Å². The summed E-state index contributed by atoms with van der Waals surface area (Å²) in [6, 6.07) is 15.7. The molecule has 5 heteroatoms. The molecule has 0 radical (unpaired) electrons. The second-order valence-corrected chi connectivity index (χ2v) is 6.62. The van der Waals surface area contributed by atoms with Crippen molar-refractivity contribution in [2.45, 2.75) is 38.6 Å². The molecule has 1 atom stereocenters. The number of rotatable bonds is 7. The molecule has 0 saturated heterocycles. The van der Waals surface area contributed by atoms with Crippen LogP contribution in [-0.4, -0.2) is 25.1 Å². The minimum atomic E-state index is -0.555. The van der Waals surface area contributed by atoms with Crippen molar-refractivity contribution in [3.63, 3.8) is 0 Å². The van der Waals surface area contributed by atoms with Gasteiger partial charge >= 0.3 is 5.97 Å². The zero-order chi connectivity index (χ0) is 19.1. The molecular weight excluding hydrogens is 342 g/mol. The molecule has 1 aliphatic carbocycles. The van der Waals surface area contributed by atoms with Gasteiger partial charge in [-0.05, 0) is 48.4 Å². The van der Waals surface area contributed by atoms with Crippen molar-refractivity contribution in [1.29, 1.82) is 0 Å². The van der Waals surface area contributed by atoms with Crippen LogP contribution in [0.4, 0.5) is 0 Å². The summed E-state index contributed by atoms with van der Waals surface area (Å²) in [7, 11) is 0. The van der Waals surface area contributed by atoms with Crippen LogP contribution in [0.2, 0.25) is 0 Å². The van der Waals surface area contributed by atoms with E-state index in [1.54, 1.807) is 0 Å². The summed E-state index contributed by atoms with van der Waals surface area (Å²) in [5.74, 6) is -0.181.